The zero-order valence-electron chi connectivity index (χ0n) is 14.9. The number of aromatic nitrogens is 2. The molecular formula is C19H16ClFN4O3. The van der Waals surface area contributed by atoms with Crippen molar-refractivity contribution < 1.29 is 14.3 Å². The maximum atomic E-state index is 14.9. The van der Waals surface area contributed by atoms with Gasteiger partial charge in [-0.05, 0) is 28.9 Å². The van der Waals surface area contributed by atoms with Crippen LogP contribution in [0.25, 0.3) is 22.0 Å². The molecule has 144 valence electrons. The third kappa shape index (κ3) is 2.76. The normalized spacial score (nSPS) is 13.6. The summed E-state index contributed by atoms with van der Waals surface area (Å²) in [6.45, 7) is 0.140. The van der Waals surface area contributed by atoms with Crippen molar-refractivity contribution in [3.63, 3.8) is 0 Å². The van der Waals surface area contributed by atoms with Gasteiger partial charge in [0.2, 0.25) is 5.91 Å². The zero-order valence-corrected chi connectivity index (χ0v) is 15.7. The average molecular weight is 403 g/mol. The largest absolute Gasteiger partial charge is 0.387 e. The van der Waals surface area contributed by atoms with Crippen LogP contribution in [0, 0.1) is 10.7 Å². The first-order chi connectivity index (χ1) is 13.5. The highest BCUT2D eigenvalue weighted by Crippen LogP contribution is 2.41. The molecular weight excluding hydrogens is 387 g/mol. The number of fused-ring (bicyclic) bond motifs is 3. The van der Waals surface area contributed by atoms with Crippen LogP contribution < -0.4 is 0 Å². The lowest BCUT2D eigenvalue weighted by molar-refractivity contribution is -0.135. The van der Waals surface area contributed by atoms with Crippen molar-refractivity contribution in [2.75, 3.05) is 13.2 Å². The molecule has 2 aromatic heterocycles. The van der Waals surface area contributed by atoms with Crippen LogP contribution in [0.2, 0.25) is 5.02 Å². The second-order valence-electron chi connectivity index (χ2n) is 6.65. The number of carbonyl (C=O) groups excluding carboxylic acids is 1. The van der Waals surface area contributed by atoms with Gasteiger partial charge in [0.25, 0.3) is 0 Å². The van der Waals surface area contributed by atoms with Crippen molar-refractivity contribution in [3.05, 3.63) is 51.4 Å². The highest BCUT2D eigenvalue weighted by atomic mass is 35.5. The van der Waals surface area contributed by atoms with Gasteiger partial charge in [-0.2, -0.15) is 0 Å². The molecule has 0 saturated heterocycles. The zero-order chi connectivity index (χ0) is 20.0. The van der Waals surface area contributed by atoms with E-state index in [1.807, 2.05) is 0 Å². The van der Waals surface area contributed by atoms with Crippen LogP contribution in [-0.2, 0) is 24.8 Å². The Balaban J connectivity index is 1.99. The number of aliphatic hydroxyl groups excluding tert-OH is 1. The summed E-state index contributed by atoms with van der Waals surface area (Å²) in [5.41, 5.74) is 3.38. The number of hydrogen-bond acceptors (Lipinski definition) is 5. The van der Waals surface area contributed by atoms with Gasteiger partial charge in [-0.1, -0.05) is 11.6 Å². The summed E-state index contributed by atoms with van der Waals surface area (Å²) >= 11 is 6.16. The average Bonchev–Trinajstić information content (AvgIpc) is 3.02. The van der Waals surface area contributed by atoms with Crippen LogP contribution in [0.4, 0.5) is 10.2 Å². The number of aliphatic hydroxyl groups is 1. The molecule has 7 nitrogen and oxygen atoms in total. The van der Waals surface area contributed by atoms with Crippen LogP contribution in [0.5, 0.6) is 0 Å². The van der Waals surface area contributed by atoms with Gasteiger partial charge in [0.05, 0.1) is 10.5 Å². The van der Waals surface area contributed by atoms with Gasteiger partial charge in [-0.3, -0.25) is 4.79 Å². The molecule has 3 heterocycles. The molecule has 4 rings (SSSR count). The highest BCUT2D eigenvalue weighted by Gasteiger charge is 2.29. The van der Waals surface area contributed by atoms with E-state index in [1.54, 1.807) is 22.6 Å². The Bertz CT molecular complexity index is 1110. The van der Waals surface area contributed by atoms with Crippen molar-refractivity contribution in [1.82, 2.24) is 14.5 Å². The van der Waals surface area contributed by atoms with E-state index < -0.39 is 12.4 Å². The van der Waals surface area contributed by atoms with E-state index in [1.165, 1.54) is 18.3 Å². The number of carbonyl (C=O) groups is 1. The molecule has 0 unspecified atom stereocenters. The number of aryl methyl sites for hydroxylation is 1. The summed E-state index contributed by atoms with van der Waals surface area (Å²) < 4.78 is 16.7. The summed E-state index contributed by atoms with van der Waals surface area (Å²) in [5, 5.41) is 12.6. The second kappa shape index (κ2) is 6.96. The minimum atomic E-state index is -0.572. The molecule has 1 aliphatic rings. The fourth-order valence-electron chi connectivity index (χ4n) is 3.85. The molecule has 1 aromatic carbocycles. The van der Waals surface area contributed by atoms with Gasteiger partial charge in [-0.25, -0.2) is 9.37 Å². The lowest BCUT2D eigenvalue weighted by Crippen LogP contribution is -2.37. The van der Waals surface area contributed by atoms with Crippen molar-refractivity contribution in [3.8, 4) is 11.1 Å². The number of pyridine rings is 1. The summed E-state index contributed by atoms with van der Waals surface area (Å²) in [6, 6.07) is 4.67. The first-order valence-corrected chi connectivity index (χ1v) is 9.00. The van der Waals surface area contributed by atoms with Gasteiger partial charge in [-0.15, -0.1) is 4.91 Å². The fraction of sp³-hybridized carbons (Fsp3) is 0.263. The van der Waals surface area contributed by atoms with Crippen LogP contribution in [0.3, 0.4) is 0 Å². The topological polar surface area (TPSA) is 87.8 Å². The molecule has 0 radical (unpaired) electrons. The molecule has 0 spiro atoms. The van der Waals surface area contributed by atoms with Gasteiger partial charge >= 0.3 is 0 Å². The van der Waals surface area contributed by atoms with Crippen molar-refractivity contribution >= 4 is 34.2 Å². The summed E-state index contributed by atoms with van der Waals surface area (Å²) in [6.07, 6.45) is 2.02. The quantitative estimate of drug-likeness (QED) is 0.681. The lowest BCUT2D eigenvalue weighted by atomic mass is 9.97. The van der Waals surface area contributed by atoms with Gasteiger partial charge < -0.3 is 14.6 Å². The highest BCUT2D eigenvalue weighted by molar-refractivity contribution is 6.32. The summed E-state index contributed by atoms with van der Waals surface area (Å²) in [7, 11) is 1.77. The Labute approximate surface area is 164 Å². The van der Waals surface area contributed by atoms with E-state index in [2.05, 4.69) is 10.2 Å². The van der Waals surface area contributed by atoms with E-state index in [0.29, 0.717) is 35.0 Å². The third-order valence-electron chi connectivity index (χ3n) is 5.19. The van der Waals surface area contributed by atoms with Crippen molar-refractivity contribution in [2.24, 2.45) is 12.2 Å². The number of amides is 1. The number of hydrogen-bond donors (Lipinski definition) is 1. The van der Waals surface area contributed by atoms with Crippen LogP contribution in [0.15, 0.2) is 29.6 Å². The SMILES string of the molecule is Cn1c2c(c3c(-c4ccc(N=O)nc4)cc(Cl)c(F)c31)CN(C(=O)CO)CC2. The molecule has 0 fully saturated rings. The third-order valence-corrected chi connectivity index (χ3v) is 5.47. The molecule has 0 atom stereocenters. The maximum absolute atomic E-state index is 14.9. The standard InChI is InChI=1S/C19H16ClFN4O3/c1-24-14-4-5-25(16(27)9-26)8-12(14)17-11(6-13(20)18(21)19(17)24)10-2-3-15(23-28)22-7-10/h2-3,6-7,26H,4-5,8-9H2,1H3. The van der Waals surface area contributed by atoms with E-state index in [9.17, 15) is 19.2 Å². The Hall–Kier alpha value is -2.84. The molecule has 3 aromatic rings. The van der Waals surface area contributed by atoms with Crippen LogP contribution in [-0.4, -0.2) is 38.6 Å². The van der Waals surface area contributed by atoms with Crippen molar-refractivity contribution in [2.45, 2.75) is 13.0 Å². The first kappa shape index (κ1) is 18.5. The van der Waals surface area contributed by atoms with Crippen molar-refractivity contribution in [1.29, 1.82) is 0 Å². The predicted molar refractivity (Wildman–Crippen MR) is 103 cm³/mol. The molecule has 0 saturated carbocycles. The number of rotatable bonds is 3. The Kier molecular flexibility index (Phi) is 4.60. The number of halogens is 2. The fourth-order valence-corrected chi connectivity index (χ4v) is 4.05. The second-order valence-corrected chi connectivity index (χ2v) is 7.05. The van der Waals surface area contributed by atoms with Gasteiger partial charge in [0.15, 0.2) is 11.6 Å². The van der Waals surface area contributed by atoms with Crippen LogP contribution in [0.1, 0.15) is 11.3 Å². The van der Waals surface area contributed by atoms with Gasteiger partial charge in [0.1, 0.15) is 6.61 Å². The molecule has 28 heavy (non-hydrogen) atoms. The number of nitroso groups, excluding NO2 is 1. The maximum Gasteiger partial charge on any atom is 0.248 e. The van der Waals surface area contributed by atoms with Crippen LogP contribution >= 0.6 is 11.6 Å². The van der Waals surface area contributed by atoms with E-state index in [0.717, 1.165) is 11.3 Å². The first-order valence-electron chi connectivity index (χ1n) is 8.62. The minimum Gasteiger partial charge on any atom is -0.387 e. The predicted octanol–water partition coefficient (Wildman–Crippen LogP) is 3.31. The molecule has 1 N–H and O–H groups in total. The molecule has 0 bridgehead atoms. The summed E-state index contributed by atoms with van der Waals surface area (Å²) in [5.74, 6) is -0.860. The number of nitrogens with zero attached hydrogens (tertiary/aromatic N) is 4. The Morgan fingerprint density at radius 2 is 2.21 bits per heavy atom. The molecule has 1 aliphatic heterocycles. The lowest BCUT2D eigenvalue weighted by Gasteiger charge is -2.27. The molecule has 1 amide bonds. The minimum absolute atomic E-state index is 0.0265. The Morgan fingerprint density at radius 3 is 2.86 bits per heavy atom. The van der Waals surface area contributed by atoms with E-state index in [4.69, 9.17) is 11.6 Å². The number of benzene rings is 1. The molecule has 0 aliphatic carbocycles. The van der Waals surface area contributed by atoms with E-state index >= 15 is 0 Å². The Morgan fingerprint density at radius 1 is 1.43 bits per heavy atom. The smallest absolute Gasteiger partial charge is 0.248 e. The summed E-state index contributed by atoms with van der Waals surface area (Å²) in [4.78, 5) is 28.2. The van der Waals surface area contributed by atoms with E-state index in [-0.39, 0.29) is 23.3 Å². The van der Waals surface area contributed by atoms with Gasteiger partial charge in [0, 0.05) is 55.0 Å². The monoisotopic (exact) mass is 402 g/mol. The molecule has 9 heteroatoms.